The maximum absolute atomic E-state index is 4.43. The van der Waals surface area contributed by atoms with Gasteiger partial charge in [0.25, 0.3) is 0 Å². The van der Waals surface area contributed by atoms with Crippen LogP contribution in [0, 0.1) is 22.7 Å². The minimum Gasteiger partial charge on any atom is -0.0998 e. The minimum absolute atomic E-state index is 0. The molecule has 0 spiro atoms. The molecule has 0 aliphatic heterocycles. The van der Waals surface area contributed by atoms with Gasteiger partial charge < -0.3 is 0 Å². The molecule has 2 aliphatic carbocycles. The van der Waals surface area contributed by atoms with Crippen LogP contribution in [0.1, 0.15) is 112 Å². The van der Waals surface area contributed by atoms with E-state index in [0.29, 0.717) is 10.8 Å². The highest BCUT2D eigenvalue weighted by atomic mass is 14.5. The third-order valence-electron chi connectivity index (χ3n) is 6.91. The zero-order chi connectivity index (χ0) is 16.2. The van der Waals surface area contributed by atoms with Gasteiger partial charge in [0.2, 0.25) is 0 Å². The molecule has 0 aromatic rings. The lowest BCUT2D eigenvalue weighted by Gasteiger charge is -2.54. The summed E-state index contributed by atoms with van der Waals surface area (Å²) in [4.78, 5) is 0. The van der Waals surface area contributed by atoms with Crippen molar-refractivity contribution in [1.29, 1.82) is 0 Å². The molecule has 0 aromatic carbocycles. The monoisotopic (exact) mass is 320 g/mol. The van der Waals surface area contributed by atoms with Crippen LogP contribution in [0.3, 0.4) is 0 Å². The first-order chi connectivity index (χ1) is 10.4. The van der Waals surface area contributed by atoms with Gasteiger partial charge in [-0.05, 0) is 74.0 Å². The van der Waals surface area contributed by atoms with E-state index in [1.54, 1.807) is 5.57 Å². The van der Waals surface area contributed by atoms with Crippen LogP contribution in [0.15, 0.2) is 12.2 Å². The van der Waals surface area contributed by atoms with Crippen molar-refractivity contribution < 1.29 is 0 Å². The largest absolute Gasteiger partial charge is 0.0998 e. The van der Waals surface area contributed by atoms with Crippen LogP contribution in [-0.4, -0.2) is 0 Å². The molecule has 0 heteroatoms. The summed E-state index contributed by atoms with van der Waals surface area (Å²) in [6.45, 7) is 14.2. The molecule has 136 valence electrons. The number of hydrogen-bond acceptors (Lipinski definition) is 0. The second kappa shape index (κ2) is 8.72. The molecule has 3 atom stereocenters. The summed E-state index contributed by atoms with van der Waals surface area (Å²) < 4.78 is 0. The van der Waals surface area contributed by atoms with Crippen molar-refractivity contribution in [2.45, 2.75) is 112 Å². The van der Waals surface area contributed by atoms with E-state index >= 15 is 0 Å². The molecule has 0 N–H and O–H groups in total. The Morgan fingerprint density at radius 1 is 1.17 bits per heavy atom. The van der Waals surface area contributed by atoms with Gasteiger partial charge in [-0.1, -0.05) is 73.0 Å². The Kier molecular flexibility index (Phi) is 7.88. The van der Waals surface area contributed by atoms with E-state index in [9.17, 15) is 0 Å². The highest BCUT2D eigenvalue weighted by molar-refractivity contribution is 5.09. The molecule has 2 saturated carbocycles. The van der Waals surface area contributed by atoms with E-state index in [-0.39, 0.29) is 7.43 Å². The topological polar surface area (TPSA) is 0 Å². The Bertz CT molecular complexity index is 362. The minimum atomic E-state index is 0. The van der Waals surface area contributed by atoms with Crippen LogP contribution < -0.4 is 0 Å². The van der Waals surface area contributed by atoms with Crippen LogP contribution in [-0.2, 0) is 0 Å². The first-order valence-electron chi connectivity index (χ1n) is 10.1. The van der Waals surface area contributed by atoms with Gasteiger partial charge in [0.05, 0.1) is 0 Å². The Morgan fingerprint density at radius 2 is 1.91 bits per heavy atom. The summed E-state index contributed by atoms with van der Waals surface area (Å²) in [5.74, 6) is 1.82. The highest BCUT2D eigenvalue weighted by Gasteiger charge is 2.50. The Hall–Kier alpha value is -0.260. The molecule has 0 saturated heterocycles. The van der Waals surface area contributed by atoms with E-state index in [4.69, 9.17) is 0 Å². The predicted octanol–water partition coefficient (Wildman–Crippen LogP) is 8.17. The van der Waals surface area contributed by atoms with Crippen molar-refractivity contribution in [3.8, 4) is 0 Å². The molecular weight excluding hydrogens is 276 g/mol. The summed E-state index contributed by atoms with van der Waals surface area (Å²) in [5, 5.41) is 0. The standard InChI is InChI=1S/C22H40.CH4/c1-6-13-22-16-9-15-21(5,14-8-10-18(2)3)20(22)12-7-11-19(4)17-22;/h18,20H,4,6-17H2,1-3,5H3;1H4. The third-order valence-corrected chi connectivity index (χ3v) is 6.91. The number of allylic oxidation sites excluding steroid dienone is 1. The van der Waals surface area contributed by atoms with Crippen LogP contribution >= 0.6 is 0 Å². The molecule has 0 heterocycles. The van der Waals surface area contributed by atoms with E-state index in [0.717, 1.165) is 11.8 Å². The number of hydrogen-bond donors (Lipinski definition) is 0. The molecule has 2 fully saturated rings. The van der Waals surface area contributed by atoms with Gasteiger partial charge in [-0.15, -0.1) is 0 Å². The number of fused-ring (bicyclic) bond motifs is 1. The molecule has 0 nitrogen and oxygen atoms in total. The summed E-state index contributed by atoms with van der Waals surface area (Å²) in [5.41, 5.74) is 2.77. The fraction of sp³-hybridized carbons (Fsp3) is 0.913. The maximum atomic E-state index is 4.43. The van der Waals surface area contributed by atoms with Crippen molar-refractivity contribution in [1.82, 2.24) is 0 Å². The first kappa shape index (κ1) is 20.8. The second-order valence-corrected chi connectivity index (χ2v) is 9.28. The Morgan fingerprint density at radius 3 is 2.57 bits per heavy atom. The van der Waals surface area contributed by atoms with Gasteiger partial charge in [-0.2, -0.15) is 0 Å². The zero-order valence-electron chi connectivity index (χ0n) is 15.8. The van der Waals surface area contributed by atoms with E-state index in [1.165, 1.54) is 77.0 Å². The lowest BCUT2D eigenvalue weighted by atomic mass is 9.51. The van der Waals surface area contributed by atoms with Crippen LogP contribution in [0.25, 0.3) is 0 Å². The molecule has 23 heavy (non-hydrogen) atoms. The van der Waals surface area contributed by atoms with Gasteiger partial charge in [0.1, 0.15) is 0 Å². The molecule has 3 unspecified atom stereocenters. The van der Waals surface area contributed by atoms with Gasteiger partial charge >= 0.3 is 0 Å². The van der Waals surface area contributed by atoms with Crippen molar-refractivity contribution in [3.63, 3.8) is 0 Å². The quantitative estimate of drug-likeness (QED) is 0.433. The fourth-order valence-electron chi connectivity index (χ4n) is 6.04. The van der Waals surface area contributed by atoms with Crippen molar-refractivity contribution >= 4 is 0 Å². The molecule has 0 bridgehead atoms. The van der Waals surface area contributed by atoms with Crippen LogP contribution in [0.4, 0.5) is 0 Å². The lowest BCUT2D eigenvalue weighted by molar-refractivity contribution is -0.0371. The average molecular weight is 321 g/mol. The van der Waals surface area contributed by atoms with Gasteiger partial charge in [-0.3, -0.25) is 0 Å². The summed E-state index contributed by atoms with van der Waals surface area (Å²) in [6, 6.07) is 0. The molecule has 0 aromatic heterocycles. The van der Waals surface area contributed by atoms with Crippen molar-refractivity contribution in [2.24, 2.45) is 22.7 Å². The zero-order valence-corrected chi connectivity index (χ0v) is 15.8. The van der Waals surface area contributed by atoms with E-state index in [1.807, 2.05) is 0 Å². The van der Waals surface area contributed by atoms with Gasteiger partial charge in [-0.25, -0.2) is 0 Å². The fourth-order valence-corrected chi connectivity index (χ4v) is 6.04. The summed E-state index contributed by atoms with van der Waals surface area (Å²) >= 11 is 0. The van der Waals surface area contributed by atoms with Gasteiger partial charge in [0, 0.05) is 0 Å². The van der Waals surface area contributed by atoms with Crippen molar-refractivity contribution in [3.05, 3.63) is 12.2 Å². The van der Waals surface area contributed by atoms with E-state index in [2.05, 4.69) is 34.3 Å². The summed E-state index contributed by atoms with van der Waals surface area (Å²) in [6.07, 6.45) is 17.0. The maximum Gasteiger partial charge on any atom is -0.0227 e. The second-order valence-electron chi connectivity index (χ2n) is 9.28. The molecular formula is C23H44. The smallest absolute Gasteiger partial charge is 0.0227 e. The molecule has 2 aliphatic rings. The molecule has 0 amide bonds. The van der Waals surface area contributed by atoms with Crippen LogP contribution in [0.2, 0.25) is 0 Å². The summed E-state index contributed by atoms with van der Waals surface area (Å²) in [7, 11) is 0. The third kappa shape index (κ3) is 4.86. The average Bonchev–Trinajstić information content (AvgIpc) is 2.58. The van der Waals surface area contributed by atoms with E-state index < -0.39 is 0 Å². The van der Waals surface area contributed by atoms with Crippen molar-refractivity contribution in [2.75, 3.05) is 0 Å². The first-order valence-corrected chi connectivity index (χ1v) is 10.1. The number of rotatable bonds is 6. The highest BCUT2D eigenvalue weighted by Crippen LogP contribution is 2.61. The SMILES string of the molecule is C.C=C1CCCC2C(C)(CCCC(C)C)CCCC2(CCC)C1. The Labute approximate surface area is 147 Å². The Balaban J connectivity index is 0.00000264. The predicted molar refractivity (Wildman–Crippen MR) is 106 cm³/mol. The lowest BCUT2D eigenvalue weighted by Crippen LogP contribution is -2.45. The van der Waals surface area contributed by atoms with Gasteiger partial charge in [0.15, 0.2) is 0 Å². The van der Waals surface area contributed by atoms with Crippen LogP contribution in [0.5, 0.6) is 0 Å². The molecule has 2 rings (SSSR count). The normalized spacial score (nSPS) is 34.7. The molecule has 0 radical (unpaired) electrons.